The number of unbranched alkanes of at least 4 members (excludes halogenated alkanes) is 16. The summed E-state index contributed by atoms with van der Waals surface area (Å²) in [5.41, 5.74) is 0. The van der Waals surface area contributed by atoms with Crippen molar-refractivity contribution in [1.29, 1.82) is 0 Å². The summed E-state index contributed by atoms with van der Waals surface area (Å²) >= 11 is 0. The third kappa shape index (κ3) is 25.2. The highest BCUT2D eigenvalue weighted by Crippen LogP contribution is 2.43. The average Bonchev–Trinajstić information content (AvgIpc) is 2.82. The summed E-state index contributed by atoms with van der Waals surface area (Å²) in [6.45, 7) is 10.8. The van der Waals surface area contributed by atoms with E-state index in [0.29, 0.717) is 13.2 Å². The molecule has 0 aliphatic heterocycles. The van der Waals surface area contributed by atoms with E-state index in [0.717, 1.165) is 32.2 Å². The summed E-state index contributed by atoms with van der Waals surface area (Å²) in [5.74, 6) is 0. The van der Waals surface area contributed by atoms with Gasteiger partial charge in [-0.05, 0) is 51.7 Å². The molecule has 206 valence electrons. The second-order valence-corrected chi connectivity index (χ2v) is 11.4. The van der Waals surface area contributed by atoms with Crippen molar-refractivity contribution in [2.45, 2.75) is 149 Å². The van der Waals surface area contributed by atoms with E-state index in [9.17, 15) is 9.46 Å². The third-order valence-corrected chi connectivity index (χ3v) is 7.55. The van der Waals surface area contributed by atoms with Crippen LogP contribution in [0.25, 0.3) is 0 Å². The lowest BCUT2D eigenvalue weighted by Crippen LogP contribution is -2.27. The van der Waals surface area contributed by atoms with Gasteiger partial charge in [0.05, 0.1) is 13.2 Å². The van der Waals surface area contributed by atoms with Crippen molar-refractivity contribution in [1.82, 2.24) is 4.90 Å². The number of hydrogen-bond acceptors (Lipinski definition) is 4. The van der Waals surface area contributed by atoms with Gasteiger partial charge < -0.3 is 9.79 Å². The van der Waals surface area contributed by atoms with E-state index in [1.165, 1.54) is 116 Å². The van der Waals surface area contributed by atoms with Crippen molar-refractivity contribution in [3.63, 3.8) is 0 Å². The Hall–Kier alpha value is 0.0700. The molecule has 6 heteroatoms. The van der Waals surface area contributed by atoms with E-state index >= 15 is 0 Å². The molecule has 0 aromatic heterocycles. The van der Waals surface area contributed by atoms with E-state index in [4.69, 9.17) is 9.05 Å². The third-order valence-electron chi connectivity index (χ3n) is 6.53. The van der Waals surface area contributed by atoms with Crippen LogP contribution in [0.4, 0.5) is 0 Å². The van der Waals surface area contributed by atoms with Crippen LogP contribution in [0.1, 0.15) is 149 Å². The van der Waals surface area contributed by atoms with Gasteiger partial charge in [-0.1, -0.05) is 117 Å². The molecule has 0 aliphatic rings. The van der Waals surface area contributed by atoms with Crippen LogP contribution < -0.4 is 0 Å². The first-order chi connectivity index (χ1) is 16.6. The summed E-state index contributed by atoms with van der Waals surface area (Å²) in [7, 11) is -3.89. The highest BCUT2D eigenvalue weighted by Gasteiger charge is 2.20. The van der Waals surface area contributed by atoms with Crippen LogP contribution in [0.5, 0.6) is 0 Å². The van der Waals surface area contributed by atoms with Gasteiger partial charge in [0.25, 0.3) is 0 Å². The molecule has 1 unspecified atom stereocenters. The SMILES string of the molecule is CCCCCCCCOP(=O)(O)OCCCCN(CCCCCCCC)CCCCCCCC. The lowest BCUT2D eigenvalue weighted by Gasteiger charge is -2.22. The van der Waals surface area contributed by atoms with Gasteiger partial charge in [-0.15, -0.1) is 0 Å². The quantitative estimate of drug-likeness (QED) is 0.0848. The van der Waals surface area contributed by atoms with Gasteiger partial charge >= 0.3 is 7.82 Å². The molecule has 1 atom stereocenters. The Kier molecular flexibility index (Phi) is 26.2. The molecule has 0 saturated carbocycles. The molecule has 0 rings (SSSR count). The second-order valence-electron chi connectivity index (χ2n) is 9.99. The van der Waals surface area contributed by atoms with Gasteiger partial charge in [0.15, 0.2) is 0 Å². The van der Waals surface area contributed by atoms with E-state index in [1.54, 1.807) is 0 Å². The zero-order valence-corrected chi connectivity index (χ0v) is 24.1. The lowest BCUT2D eigenvalue weighted by molar-refractivity contribution is 0.143. The van der Waals surface area contributed by atoms with Crippen LogP contribution in [-0.2, 0) is 13.6 Å². The molecule has 0 aromatic carbocycles. The van der Waals surface area contributed by atoms with Gasteiger partial charge in [-0.3, -0.25) is 9.05 Å². The van der Waals surface area contributed by atoms with E-state index < -0.39 is 7.82 Å². The van der Waals surface area contributed by atoms with Crippen LogP contribution in [-0.4, -0.2) is 42.6 Å². The largest absolute Gasteiger partial charge is 0.472 e. The van der Waals surface area contributed by atoms with Crippen LogP contribution in [0.3, 0.4) is 0 Å². The molecule has 0 heterocycles. The van der Waals surface area contributed by atoms with E-state index in [2.05, 4.69) is 25.7 Å². The Bertz CT molecular complexity index is 434. The smallest absolute Gasteiger partial charge is 0.303 e. The molecule has 0 bridgehead atoms. The molecule has 0 aliphatic carbocycles. The molecular formula is C28H60NO4P. The first kappa shape index (κ1) is 34.1. The monoisotopic (exact) mass is 505 g/mol. The number of phosphoric ester groups is 1. The lowest BCUT2D eigenvalue weighted by atomic mass is 10.1. The predicted octanol–water partition coefficient (Wildman–Crippen LogP) is 9.28. The fraction of sp³-hybridized carbons (Fsp3) is 1.00. The second kappa shape index (κ2) is 26.1. The summed E-state index contributed by atoms with van der Waals surface area (Å²) in [6, 6.07) is 0. The maximum atomic E-state index is 12.0. The van der Waals surface area contributed by atoms with Gasteiger partial charge in [-0.2, -0.15) is 0 Å². The Morgan fingerprint density at radius 2 is 0.794 bits per heavy atom. The standard InChI is InChI=1S/C28H60NO4P/c1-4-7-10-13-16-19-24-29(25-20-17-14-11-8-5-2)26-21-23-28-33-34(30,31)32-27-22-18-15-12-9-6-3/h4-28H2,1-3H3,(H,30,31). The number of phosphoric acid groups is 1. The molecule has 0 radical (unpaired) electrons. The van der Waals surface area contributed by atoms with Gasteiger partial charge in [0, 0.05) is 0 Å². The molecule has 0 amide bonds. The van der Waals surface area contributed by atoms with Gasteiger partial charge in [-0.25, -0.2) is 4.57 Å². The summed E-state index contributed by atoms with van der Waals surface area (Å²) in [6.07, 6.45) is 24.6. The van der Waals surface area contributed by atoms with Crippen molar-refractivity contribution in [3.05, 3.63) is 0 Å². The normalized spacial score (nSPS) is 13.6. The summed E-state index contributed by atoms with van der Waals surface area (Å²) in [5, 5.41) is 0. The van der Waals surface area contributed by atoms with Crippen LogP contribution in [0.15, 0.2) is 0 Å². The Morgan fingerprint density at radius 1 is 0.500 bits per heavy atom. The van der Waals surface area contributed by atoms with Crippen LogP contribution in [0, 0.1) is 0 Å². The van der Waals surface area contributed by atoms with Crippen molar-refractivity contribution < 1.29 is 18.5 Å². The Morgan fingerprint density at radius 3 is 1.21 bits per heavy atom. The Labute approximate surface area is 213 Å². The molecule has 1 N–H and O–H groups in total. The minimum atomic E-state index is -3.89. The van der Waals surface area contributed by atoms with Crippen molar-refractivity contribution in [3.8, 4) is 0 Å². The van der Waals surface area contributed by atoms with Gasteiger partial charge in [0.1, 0.15) is 0 Å². The van der Waals surface area contributed by atoms with Crippen molar-refractivity contribution in [2.75, 3.05) is 32.8 Å². The molecule has 0 fully saturated rings. The van der Waals surface area contributed by atoms with E-state index in [-0.39, 0.29) is 0 Å². The first-order valence-electron chi connectivity index (χ1n) is 14.9. The average molecular weight is 506 g/mol. The van der Waals surface area contributed by atoms with Gasteiger partial charge in [0.2, 0.25) is 0 Å². The molecule has 0 spiro atoms. The van der Waals surface area contributed by atoms with Crippen molar-refractivity contribution in [2.24, 2.45) is 0 Å². The number of nitrogens with zero attached hydrogens (tertiary/aromatic N) is 1. The minimum Gasteiger partial charge on any atom is -0.303 e. The molecular weight excluding hydrogens is 445 g/mol. The van der Waals surface area contributed by atoms with E-state index in [1.807, 2.05) is 0 Å². The zero-order valence-electron chi connectivity index (χ0n) is 23.2. The minimum absolute atomic E-state index is 0.298. The zero-order chi connectivity index (χ0) is 25.2. The van der Waals surface area contributed by atoms with Crippen LogP contribution >= 0.6 is 7.82 Å². The number of rotatable bonds is 28. The maximum absolute atomic E-state index is 12.0. The fourth-order valence-electron chi connectivity index (χ4n) is 4.28. The van der Waals surface area contributed by atoms with Crippen molar-refractivity contribution >= 4 is 7.82 Å². The highest BCUT2D eigenvalue weighted by atomic mass is 31.2. The Balaban J connectivity index is 3.98. The topological polar surface area (TPSA) is 59.0 Å². The predicted molar refractivity (Wildman–Crippen MR) is 148 cm³/mol. The molecule has 0 saturated heterocycles. The summed E-state index contributed by atoms with van der Waals surface area (Å²) < 4.78 is 22.4. The highest BCUT2D eigenvalue weighted by molar-refractivity contribution is 7.47. The maximum Gasteiger partial charge on any atom is 0.472 e. The fourth-order valence-corrected chi connectivity index (χ4v) is 5.08. The summed E-state index contributed by atoms with van der Waals surface area (Å²) in [4.78, 5) is 12.5. The van der Waals surface area contributed by atoms with Crippen LogP contribution in [0.2, 0.25) is 0 Å². The molecule has 5 nitrogen and oxygen atoms in total. The molecule has 34 heavy (non-hydrogen) atoms. The number of hydrogen-bond donors (Lipinski definition) is 1. The first-order valence-corrected chi connectivity index (χ1v) is 16.4. The molecule has 0 aromatic rings.